The molecule has 2 saturated heterocycles. The Morgan fingerprint density at radius 2 is 1.72 bits per heavy atom. The van der Waals surface area contributed by atoms with Gasteiger partial charge in [-0.05, 0) is 31.4 Å². The summed E-state index contributed by atoms with van der Waals surface area (Å²) < 4.78 is 19.2. The number of alkyl halides is 1. The van der Waals surface area contributed by atoms with Gasteiger partial charge in [-0.3, -0.25) is 4.79 Å². The highest BCUT2D eigenvalue weighted by molar-refractivity contribution is 7.18. The van der Waals surface area contributed by atoms with E-state index in [1.165, 1.54) is 25.2 Å². The standard InChI is InChI=1S/C27H26FN5O2S/c1-27(2,28)25-30-23(31-35-25)21-14-29-26(36-21)33-16-19-13-20(33)15-32(19)24(34)22(17-9-5-3-6-10-17)18-11-7-4-8-12-18/h3-12,14,19-20,22H,13,15-16H2,1-2H3. The number of carbonyl (C=O) groups excluding carboxylic acids is 1. The van der Waals surface area contributed by atoms with Crippen LogP contribution in [0.15, 0.2) is 71.4 Å². The van der Waals surface area contributed by atoms with Crippen LogP contribution in [0.2, 0.25) is 0 Å². The normalized spacial score (nSPS) is 19.4. The van der Waals surface area contributed by atoms with Gasteiger partial charge in [0.2, 0.25) is 11.7 Å². The summed E-state index contributed by atoms with van der Waals surface area (Å²) in [5.74, 6) is 0.119. The zero-order chi connectivity index (χ0) is 24.9. The second kappa shape index (κ2) is 8.81. The zero-order valence-corrected chi connectivity index (χ0v) is 20.9. The molecule has 2 fully saturated rings. The van der Waals surface area contributed by atoms with Crippen molar-refractivity contribution in [3.05, 3.63) is 83.9 Å². The minimum Gasteiger partial charge on any atom is -0.341 e. The van der Waals surface area contributed by atoms with E-state index in [1.807, 2.05) is 60.7 Å². The van der Waals surface area contributed by atoms with Crippen LogP contribution >= 0.6 is 11.3 Å². The third kappa shape index (κ3) is 4.07. The van der Waals surface area contributed by atoms with E-state index in [1.54, 1.807) is 6.20 Å². The molecule has 2 aliphatic rings. The molecule has 6 rings (SSSR count). The van der Waals surface area contributed by atoms with Gasteiger partial charge in [0.25, 0.3) is 5.89 Å². The molecule has 0 spiro atoms. The number of carbonyl (C=O) groups is 1. The van der Waals surface area contributed by atoms with Crippen molar-refractivity contribution in [2.24, 2.45) is 0 Å². The second-order valence-corrected chi connectivity index (χ2v) is 10.9. The maximum absolute atomic E-state index is 14.1. The number of anilines is 1. The molecule has 9 heteroatoms. The van der Waals surface area contributed by atoms with Gasteiger partial charge in [0, 0.05) is 13.1 Å². The van der Waals surface area contributed by atoms with Gasteiger partial charge < -0.3 is 14.3 Å². The Morgan fingerprint density at radius 3 is 2.28 bits per heavy atom. The molecule has 184 valence electrons. The summed E-state index contributed by atoms with van der Waals surface area (Å²) in [5.41, 5.74) is 0.322. The molecule has 2 bridgehead atoms. The topological polar surface area (TPSA) is 75.4 Å². The molecular formula is C27H26FN5O2S. The first kappa shape index (κ1) is 22.8. The first-order valence-electron chi connectivity index (χ1n) is 12.0. The van der Waals surface area contributed by atoms with Crippen molar-refractivity contribution in [1.82, 2.24) is 20.0 Å². The van der Waals surface area contributed by atoms with Crippen LogP contribution in [-0.2, 0) is 10.5 Å². The maximum atomic E-state index is 14.1. The van der Waals surface area contributed by atoms with Crippen molar-refractivity contribution in [1.29, 1.82) is 0 Å². The fraction of sp³-hybridized carbons (Fsp3) is 0.333. The molecule has 0 aliphatic carbocycles. The molecule has 1 amide bonds. The Hall–Kier alpha value is -3.59. The smallest absolute Gasteiger partial charge is 0.264 e. The quantitative estimate of drug-likeness (QED) is 0.368. The third-order valence-electron chi connectivity index (χ3n) is 6.93. The highest BCUT2D eigenvalue weighted by Gasteiger charge is 2.47. The number of halogens is 1. The van der Waals surface area contributed by atoms with E-state index in [9.17, 15) is 9.18 Å². The van der Waals surface area contributed by atoms with Crippen LogP contribution in [0.3, 0.4) is 0 Å². The number of hydrogen-bond donors (Lipinski definition) is 0. The number of likely N-dealkylation sites (tertiary alicyclic amines) is 1. The van der Waals surface area contributed by atoms with Gasteiger partial charge in [0.1, 0.15) is 0 Å². The highest BCUT2D eigenvalue weighted by atomic mass is 32.1. The summed E-state index contributed by atoms with van der Waals surface area (Å²) in [6.07, 6.45) is 2.62. The molecule has 36 heavy (non-hydrogen) atoms. The monoisotopic (exact) mass is 503 g/mol. The highest BCUT2D eigenvalue weighted by Crippen LogP contribution is 2.40. The van der Waals surface area contributed by atoms with Crippen molar-refractivity contribution in [3.63, 3.8) is 0 Å². The summed E-state index contributed by atoms with van der Waals surface area (Å²) in [6.45, 7) is 4.17. The number of hydrogen-bond acceptors (Lipinski definition) is 7. The summed E-state index contributed by atoms with van der Waals surface area (Å²) in [6, 6.07) is 20.3. The van der Waals surface area contributed by atoms with Crippen LogP contribution in [0.25, 0.3) is 10.7 Å². The molecule has 4 heterocycles. The first-order valence-corrected chi connectivity index (χ1v) is 12.9. The van der Waals surface area contributed by atoms with E-state index in [-0.39, 0.29) is 29.8 Å². The van der Waals surface area contributed by atoms with Crippen molar-refractivity contribution >= 4 is 22.4 Å². The number of fused-ring (bicyclic) bond motifs is 2. The summed E-state index contributed by atoms with van der Waals surface area (Å²) in [4.78, 5) is 27.7. The minimum atomic E-state index is -1.69. The number of rotatable bonds is 6. The fourth-order valence-corrected chi connectivity index (χ4v) is 6.09. The van der Waals surface area contributed by atoms with Crippen LogP contribution in [0, 0.1) is 0 Å². The molecule has 0 N–H and O–H groups in total. The van der Waals surface area contributed by atoms with Gasteiger partial charge in [-0.2, -0.15) is 4.98 Å². The molecule has 0 radical (unpaired) electrons. The lowest BCUT2D eigenvalue weighted by Gasteiger charge is -2.36. The van der Waals surface area contributed by atoms with Crippen molar-refractivity contribution in [3.8, 4) is 10.7 Å². The summed E-state index contributed by atoms with van der Waals surface area (Å²) in [5, 5.41) is 4.79. The van der Waals surface area contributed by atoms with E-state index in [0.29, 0.717) is 12.4 Å². The average molecular weight is 504 g/mol. The second-order valence-electron chi connectivity index (χ2n) is 9.84. The van der Waals surface area contributed by atoms with Crippen molar-refractivity contribution < 1.29 is 13.7 Å². The van der Waals surface area contributed by atoms with Crippen LogP contribution in [0.1, 0.15) is 43.2 Å². The molecule has 2 aromatic carbocycles. The number of aromatic nitrogens is 3. The van der Waals surface area contributed by atoms with Gasteiger partial charge in [-0.25, -0.2) is 9.37 Å². The molecule has 7 nitrogen and oxygen atoms in total. The Labute approximate surface area is 212 Å². The van der Waals surface area contributed by atoms with Gasteiger partial charge in [-0.1, -0.05) is 77.2 Å². The molecular weight excluding hydrogens is 477 g/mol. The molecule has 4 aromatic rings. The Bertz CT molecular complexity index is 1330. The van der Waals surface area contributed by atoms with E-state index in [2.05, 4.69) is 24.9 Å². The van der Waals surface area contributed by atoms with E-state index < -0.39 is 5.67 Å². The predicted octanol–water partition coefficient (Wildman–Crippen LogP) is 5.02. The zero-order valence-electron chi connectivity index (χ0n) is 20.0. The largest absolute Gasteiger partial charge is 0.341 e. The Morgan fingerprint density at radius 1 is 1.06 bits per heavy atom. The van der Waals surface area contributed by atoms with Crippen LogP contribution in [0.4, 0.5) is 9.52 Å². The summed E-state index contributed by atoms with van der Waals surface area (Å²) >= 11 is 1.46. The van der Waals surface area contributed by atoms with Crippen molar-refractivity contribution in [2.75, 3.05) is 18.0 Å². The van der Waals surface area contributed by atoms with Gasteiger partial charge in [-0.15, -0.1) is 0 Å². The third-order valence-corrected chi connectivity index (χ3v) is 7.96. The van der Waals surface area contributed by atoms with Crippen LogP contribution < -0.4 is 4.90 Å². The number of piperazine rings is 1. The van der Waals surface area contributed by atoms with E-state index in [0.717, 1.165) is 34.1 Å². The molecule has 2 atom stereocenters. The molecule has 2 aliphatic heterocycles. The van der Waals surface area contributed by atoms with Crippen LogP contribution in [0.5, 0.6) is 0 Å². The van der Waals surface area contributed by atoms with Crippen LogP contribution in [-0.4, -0.2) is 51.1 Å². The lowest BCUT2D eigenvalue weighted by molar-refractivity contribution is -0.132. The number of benzene rings is 2. The Balaban J connectivity index is 1.20. The van der Waals surface area contributed by atoms with Gasteiger partial charge in [0.15, 0.2) is 10.8 Å². The average Bonchev–Trinajstić information content (AvgIpc) is 3.68. The Kier molecular flexibility index (Phi) is 5.59. The lowest BCUT2D eigenvalue weighted by atomic mass is 9.89. The fourth-order valence-electron chi connectivity index (χ4n) is 5.17. The van der Waals surface area contributed by atoms with Crippen molar-refractivity contribution in [2.45, 2.75) is 43.9 Å². The maximum Gasteiger partial charge on any atom is 0.264 e. The SMILES string of the molecule is CC(C)(F)c1nc(-c2cnc(N3CC4CC3CN4C(=O)C(c3ccccc3)c3ccccc3)s2)no1. The number of nitrogens with zero attached hydrogens (tertiary/aromatic N) is 5. The lowest BCUT2D eigenvalue weighted by Crippen LogP contribution is -2.50. The predicted molar refractivity (Wildman–Crippen MR) is 136 cm³/mol. The summed E-state index contributed by atoms with van der Waals surface area (Å²) in [7, 11) is 0. The number of amides is 1. The van der Waals surface area contributed by atoms with Gasteiger partial charge >= 0.3 is 0 Å². The minimum absolute atomic E-state index is 0.0479. The number of thiazole rings is 1. The molecule has 0 saturated carbocycles. The van der Waals surface area contributed by atoms with E-state index in [4.69, 9.17) is 4.52 Å². The van der Waals surface area contributed by atoms with Gasteiger partial charge in [0.05, 0.1) is 29.1 Å². The van der Waals surface area contributed by atoms with E-state index >= 15 is 0 Å². The first-order chi connectivity index (χ1) is 17.4. The molecule has 2 unspecified atom stereocenters. The molecule has 2 aromatic heterocycles.